The van der Waals surface area contributed by atoms with Crippen molar-refractivity contribution in [1.82, 2.24) is 0 Å². The highest BCUT2D eigenvalue weighted by Gasteiger charge is 2.01. The summed E-state index contributed by atoms with van der Waals surface area (Å²) in [6.45, 7) is 0.0888. The fraction of sp³-hybridized carbons (Fsp3) is 0.250. The molecule has 0 unspecified atom stereocenters. The molecule has 0 fully saturated rings. The van der Waals surface area contributed by atoms with Crippen LogP contribution >= 0.6 is 0 Å². The van der Waals surface area contributed by atoms with Crippen molar-refractivity contribution in [2.45, 2.75) is 0 Å². The van der Waals surface area contributed by atoms with E-state index in [4.69, 9.17) is 0 Å². The average molecular weight is 184 g/mol. The number of carbonyl (C=O) groups is 2. The van der Waals surface area contributed by atoms with Crippen LogP contribution in [0.4, 0.5) is 0 Å². The Balaban J connectivity index is 2.51. The third-order valence-corrected chi connectivity index (χ3v) is 1.14. The van der Waals surface area contributed by atoms with Crippen LogP contribution in [0.5, 0.6) is 0 Å². The van der Waals surface area contributed by atoms with E-state index in [1.807, 2.05) is 0 Å². The number of carbonyl (C=O) groups excluding carboxylic acids is 2. The maximum absolute atomic E-state index is 10.7. The molecule has 0 saturated carbocycles. The largest absolute Gasteiger partial charge is 0.472 e. The molecule has 1 heterocycles. The molecule has 5 heteroatoms. The van der Waals surface area contributed by atoms with Crippen molar-refractivity contribution in [3.63, 3.8) is 0 Å². The molecule has 0 aliphatic carbocycles. The molecule has 0 bridgehead atoms. The monoisotopic (exact) mass is 184 g/mol. The molecule has 0 atom stereocenters. The van der Waals surface area contributed by atoms with Crippen LogP contribution in [0, 0.1) is 0 Å². The molecule has 0 aromatic rings. The Labute approximate surface area is 74.6 Å². The van der Waals surface area contributed by atoms with E-state index in [1.165, 1.54) is 0 Å². The third kappa shape index (κ3) is 3.95. The van der Waals surface area contributed by atoms with Crippen LogP contribution in [0.15, 0.2) is 24.7 Å². The standard InChI is InChI=1S/C8H8O5/c9-7-1-3-11-4-2-8(10)13-6-5-12-7/h1-4H,5-6H2. The number of hydrogen-bond acceptors (Lipinski definition) is 5. The van der Waals surface area contributed by atoms with Crippen LogP contribution in [0.3, 0.4) is 0 Å². The summed E-state index contributed by atoms with van der Waals surface area (Å²) in [5.74, 6) is -1.07. The minimum Gasteiger partial charge on any atom is -0.472 e. The Kier molecular flexibility index (Phi) is 3.56. The SMILES string of the molecule is O=C1C=COC=CC(=O)OCCO1. The van der Waals surface area contributed by atoms with E-state index >= 15 is 0 Å². The summed E-state index contributed by atoms with van der Waals surface area (Å²) < 4.78 is 13.9. The molecule has 70 valence electrons. The molecule has 0 saturated heterocycles. The minimum absolute atomic E-state index is 0.0444. The van der Waals surface area contributed by atoms with Gasteiger partial charge in [-0.25, -0.2) is 9.59 Å². The molecule has 5 nitrogen and oxygen atoms in total. The molecule has 0 amide bonds. The van der Waals surface area contributed by atoms with Crippen LogP contribution in [0.2, 0.25) is 0 Å². The highest BCUT2D eigenvalue weighted by molar-refractivity contribution is 5.82. The molecule has 0 N–H and O–H groups in total. The molecule has 0 spiro atoms. The van der Waals surface area contributed by atoms with Gasteiger partial charge in [0.15, 0.2) is 0 Å². The quantitative estimate of drug-likeness (QED) is 0.501. The van der Waals surface area contributed by atoms with Crippen molar-refractivity contribution in [1.29, 1.82) is 0 Å². The Morgan fingerprint density at radius 3 is 1.85 bits per heavy atom. The lowest BCUT2D eigenvalue weighted by Gasteiger charge is -2.00. The summed E-state index contributed by atoms with van der Waals surface area (Å²) in [6.07, 6.45) is 4.47. The Morgan fingerprint density at radius 2 is 1.38 bits per heavy atom. The van der Waals surface area contributed by atoms with E-state index in [0.29, 0.717) is 0 Å². The summed E-state index contributed by atoms with van der Waals surface area (Å²) in [4.78, 5) is 21.5. The van der Waals surface area contributed by atoms with Crippen LogP contribution in [-0.2, 0) is 23.8 Å². The number of esters is 2. The van der Waals surface area contributed by atoms with E-state index in [2.05, 4.69) is 14.2 Å². The van der Waals surface area contributed by atoms with Gasteiger partial charge in [-0.1, -0.05) is 0 Å². The predicted octanol–water partition coefficient (Wildman–Crippen LogP) is 0.130. The average Bonchev–Trinajstić information content (AvgIpc) is 2.14. The summed E-state index contributed by atoms with van der Waals surface area (Å²) in [5.41, 5.74) is 0. The van der Waals surface area contributed by atoms with E-state index < -0.39 is 11.9 Å². The number of rotatable bonds is 0. The smallest absolute Gasteiger partial charge is 0.334 e. The first-order valence-corrected chi connectivity index (χ1v) is 3.61. The lowest BCUT2D eigenvalue weighted by atomic mass is 10.6. The van der Waals surface area contributed by atoms with Crippen molar-refractivity contribution in [3.8, 4) is 0 Å². The number of ether oxygens (including phenoxy) is 3. The molecule has 1 rings (SSSR count). The maximum Gasteiger partial charge on any atom is 0.334 e. The molecule has 13 heavy (non-hydrogen) atoms. The molecule has 1 aliphatic heterocycles. The number of hydrogen-bond donors (Lipinski definition) is 0. The third-order valence-electron chi connectivity index (χ3n) is 1.14. The zero-order valence-corrected chi connectivity index (χ0v) is 6.76. The van der Waals surface area contributed by atoms with Crippen molar-refractivity contribution in [2.24, 2.45) is 0 Å². The summed E-state index contributed by atoms with van der Waals surface area (Å²) in [6, 6.07) is 0. The van der Waals surface area contributed by atoms with Crippen LogP contribution < -0.4 is 0 Å². The van der Waals surface area contributed by atoms with Gasteiger partial charge < -0.3 is 14.2 Å². The molecular formula is C8H8O5. The second-order valence-corrected chi connectivity index (χ2v) is 2.08. The van der Waals surface area contributed by atoms with Gasteiger partial charge in [0.2, 0.25) is 0 Å². The van der Waals surface area contributed by atoms with Gasteiger partial charge in [0.05, 0.1) is 24.7 Å². The summed E-state index contributed by atoms with van der Waals surface area (Å²) in [5, 5.41) is 0. The molecule has 0 radical (unpaired) electrons. The normalized spacial score (nSPS) is 18.2. The van der Waals surface area contributed by atoms with Crippen LogP contribution in [-0.4, -0.2) is 25.2 Å². The zero-order chi connectivity index (χ0) is 9.52. The van der Waals surface area contributed by atoms with E-state index in [-0.39, 0.29) is 13.2 Å². The van der Waals surface area contributed by atoms with Gasteiger partial charge in [-0.15, -0.1) is 0 Å². The highest BCUT2D eigenvalue weighted by atomic mass is 16.6. The lowest BCUT2D eigenvalue weighted by Crippen LogP contribution is -2.10. The van der Waals surface area contributed by atoms with Crippen LogP contribution in [0.25, 0.3) is 0 Å². The molecule has 0 aromatic heterocycles. The first kappa shape index (κ1) is 9.31. The van der Waals surface area contributed by atoms with Crippen molar-refractivity contribution >= 4 is 11.9 Å². The van der Waals surface area contributed by atoms with Gasteiger partial charge in [0, 0.05) is 0 Å². The maximum atomic E-state index is 10.7. The molecule has 1 aliphatic rings. The van der Waals surface area contributed by atoms with Crippen molar-refractivity contribution in [3.05, 3.63) is 24.7 Å². The van der Waals surface area contributed by atoms with Gasteiger partial charge in [-0.05, 0) is 0 Å². The summed E-state index contributed by atoms with van der Waals surface area (Å²) >= 11 is 0. The Hall–Kier alpha value is -1.78. The van der Waals surface area contributed by atoms with E-state index in [1.54, 1.807) is 0 Å². The van der Waals surface area contributed by atoms with Crippen molar-refractivity contribution in [2.75, 3.05) is 13.2 Å². The number of cyclic esters (lactones) is 2. The van der Waals surface area contributed by atoms with E-state index in [0.717, 1.165) is 24.7 Å². The first-order chi connectivity index (χ1) is 6.29. The first-order valence-electron chi connectivity index (χ1n) is 3.61. The van der Waals surface area contributed by atoms with Gasteiger partial charge in [0.25, 0.3) is 0 Å². The second kappa shape index (κ2) is 4.97. The van der Waals surface area contributed by atoms with Crippen LogP contribution in [0.1, 0.15) is 0 Å². The van der Waals surface area contributed by atoms with Gasteiger partial charge >= 0.3 is 11.9 Å². The predicted molar refractivity (Wildman–Crippen MR) is 41.3 cm³/mol. The second-order valence-electron chi connectivity index (χ2n) is 2.08. The zero-order valence-electron chi connectivity index (χ0n) is 6.76. The lowest BCUT2D eigenvalue weighted by molar-refractivity contribution is -0.146. The molecular weight excluding hydrogens is 176 g/mol. The van der Waals surface area contributed by atoms with Crippen molar-refractivity contribution < 1.29 is 23.8 Å². The Bertz CT molecular complexity index is 227. The Morgan fingerprint density at radius 1 is 0.923 bits per heavy atom. The van der Waals surface area contributed by atoms with E-state index in [9.17, 15) is 9.59 Å². The minimum atomic E-state index is -0.536. The van der Waals surface area contributed by atoms with Gasteiger partial charge in [-0.2, -0.15) is 0 Å². The van der Waals surface area contributed by atoms with Gasteiger partial charge in [-0.3, -0.25) is 0 Å². The topological polar surface area (TPSA) is 61.8 Å². The van der Waals surface area contributed by atoms with Gasteiger partial charge in [0.1, 0.15) is 13.2 Å². The fourth-order valence-corrected chi connectivity index (χ4v) is 0.616. The highest BCUT2D eigenvalue weighted by Crippen LogP contribution is 1.90. The summed E-state index contributed by atoms with van der Waals surface area (Å²) in [7, 11) is 0. The molecule has 0 aromatic carbocycles. The fourth-order valence-electron chi connectivity index (χ4n) is 0.616.